The SMILES string of the molecule is CS(=O)(=O)Nc1ccc(F)cc1NS(=O)(=O)c1ccccc1Cl. The smallest absolute Gasteiger partial charge is 0.263 e. The lowest BCUT2D eigenvalue weighted by molar-refractivity contribution is 0.600. The highest BCUT2D eigenvalue weighted by molar-refractivity contribution is 7.93. The van der Waals surface area contributed by atoms with Gasteiger partial charge in [0.25, 0.3) is 10.0 Å². The highest BCUT2D eigenvalue weighted by Gasteiger charge is 2.20. The van der Waals surface area contributed by atoms with Crippen LogP contribution in [-0.4, -0.2) is 23.1 Å². The predicted octanol–water partition coefficient (Wildman–Crippen LogP) is 2.65. The summed E-state index contributed by atoms with van der Waals surface area (Å²) < 4.78 is 65.0. The second-order valence-corrected chi connectivity index (χ2v) is 8.41. The first kappa shape index (κ1) is 17.5. The zero-order chi connectivity index (χ0) is 17.3. The Balaban J connectivity index is 2.47. The van der Waals surface area contributed by atoms with Crippen LogP contribution in [0.25, 0.3) is 0 Å². The van der Waals surface area contributed by atoms with Crippen molar-refractivity contribution < 1.29 is 21.2 Å². The van der Waals surface area contributed by atoms with Gasteiger partial charge in [-0.3, -0.25) is 9.44 Å². The first-order valence-corrected chi connectivity index (χ1v) is 9.88. The third-order valence-corrected chi connectivity index (χ3v) is 5.10. The van der Waals surface area contributed by atoms with Gasteiger partial charge in [-0.25, -0.2) is 21.2 Å². The monoisotopic (exact) mass is 378 g/mol. The van der Waals surface area contributed by atoms with Crippen LogP contribution in [0.15, 0.2) is 47.4 Å². The molecular weight excluding hydrogens is 367 g/mol. The Morgan fingerprint density at radius 3 is 2.22 bits per heavy atom. The van der Waals surface area contributed by atoms with Crippen LogP contribution in [0, 0.1) is 5.82 Å². The molecule has 124 valence electrons. The normalized spacial score (nSPS) is 12.0. The van der Waals surface area contributed by atoms with Crippen molar-refractivity contribution in [2.45, 2.75) is 4.90 Å². The van der Waals surface area contributed by atoms with Gasteiger partial charge in [0.15, 0.2) is 0 Å². The zero-order valence-electron chi connectivity index (χ0n) is 11.7. The lowest BCUT2D eigenvalue weighted by atomic mass is 10.3. The van der Waals surface area contributed by atoms with Crippen molar-refractivity contribution in [1.29, 1.82) is 0 Å². The van der Waals surface area contributed by atoms with E-state index in [-0.39, 0.29) is 21.3 Å². The topological polar surface area (TPSA) is 92.3 Å². The number of nitrogens with one attached hydrogen (secondary N) is 2. The summed E-state index contributed by atoms with van der Waals surface area (Å²) >= 11 is 5.85. The predicted molar refractivity (Wildman–Crippen MR) is 87.1 cm³/mol. The number of rotatable bonds is 5. The largest absolute Gasteiger partial charge is 0.282 e. The highest BCUT2D eigenvalue weighted by Crippen LogP contribution is 2.28. The summed E-state index contributed by atoms with van der Waals surface area (Å²) in [7, 11) is -7.80. The molecule has 2 N–H and O–H groups in total. The molecule has 0 amide bonds. The van der Waals surface area contributed by atoms with Gasteiger partial charge in [0.05, 0.1) is 22.7 Å². The maximum atomic E-state index is 13.4. The molecule has 0 unspecified atom stereocenters. The third kappa shape index (κ3) is 4.57. The molecule has 0 aliphatic carbocycles. The molecule has 2 rings (SSSR count). The molecule has 0 atom stereocenters. The number of sulfonamides is 2. The molecule has 0 aliphatic heterocycles. The average molecular weight is 379 g/mol. The fourth-order valence-electron chi connectivity index (χ4n) is 1.75. The summed E-state index contributed by atoms with van der Waals surface area (Å²) in [5, 5.41) is -0.0194. The van der Waals surface area contributed by atoms with Gasteiger partial charge in [0.2, 0.25) is 10.0 Å². The second-order valence-electron chi connectivity index (χ2n) is 4.60. The van der Waals surface area contributed by atoms with E-state index in [1.54, 1.807) is 6.07 Å². The Kier molecular flexibility index (Phi) is 4.83. The van der Waals surface area contributed by atoms with Crippen molar-refractivity contribution in [2.24, 2.45) is 0 Å². The van der Waals surface area contributed by atoms with Crippen LogP contribution in [0.3, 0.4) is 0 Å². The Bertz CT molecular complexity index is 946. The van der Waals surface area contributed by atoms with Crippen molar-refractivity contribution in [2.75, 3.05) is 15.7 Å². The molecule has 10 heteroatoms. The van der Waals surface area contributed by atoms with Gasteiger partial charge in [-0.2, -0.15) is 0 Å². The minimum absolute atomic E-state index is 0.0194. The second kappa shape index (κ2) is 6.34. The molecule has 0 saturated carbocycles. The zero-order valence-corrected chi connectivity index (χ0v) is 14.1. The summed E-state index contributed by atoms with van der Waals surface area (Å²) in [6.07, 6.45) is 0.892. The molecule has 0 saturated heterocycles. The van der Waals surface area contributed by atoms with E-state index in [9.17, 15) is 21.2 Å². The molecular formula is C13H12ClFN2O4S2. The van der Waals surface area contributed by atoms with Gasteiger partial charge in [-0.15, -0.1) is 0 Å². The molecule has 0 spiro atoms. The van der Waals surface area contributed by atoms with E-state index in [4.69, 9.17) is 11.6 Å². The number of benzene rings is 2. The number of anilines is 2. The summed E-state index contributed by atoms with van der Waals surface area (Å²) in [6.45, 7) is 0. The summed E-state index contributed by atoms with van der Waals surface area (Å²) in [5.41, 5.74) is -0.361. The summed E-state index contributed by atoms with van der Waals surface area (Å²) in [6, 6.07) is 8.66. The van der Waals surface area contributed by atoms with E-state index in [0.717, 1.165) is 24.5 Å². The Morgan fingerprint density at radius 1 is 0.957 bits per heavy atom. The first-order valence-electron chi connectivity index (χ1n) is 6.13. The van der Waals surface area contributed by atoms with Gasteiger partial charge in [0, 0.05) is 6.07 Å². The molecule has 0 aromatic heterocycles. The summed E-state index contributed by atoms with van der Waals surface area (Å²) in [4.78, 5) is -0.212. The number of hydrogen-bond donors (Lipinski definition) is 2. The van der Waals surface area contributed by atoms with E-state index in [0.29, 0.717) is 0 Å². The summed E-state index contributed by atoms with van der Waals surface area (Å²) in [5.74, 6) is -0.735. The van der Waals surface area contributed by atoms with E-state index >= 15 is 0 Å². The molecule has 0 bridgehead atoms. The molecule has 6 nitrogen and oxygen atoms in total. The standard InChI is InChI=1S/C13H12ClFN2O4S2/c1-22(18,19)16-11-7-6-9(15)8-12(11)17-23(20,21)13-5-3-2-4-10(13)14/h2-8,16-17H,1H3. The fraction of sp³-hybridized carbons (Fsp3) is 0.0769. The van der Waals surface area contributed by atoms with E-state index in [1.165, 1.54) is 18.2 Å². The lowest BCUT2D eigenvalue weighted by Gasteiger charge is -2.14. The van der Waals surface area contributed by atoms with Crippen LogP contribution in [0.2, 0.25) is 5.02 Å². The number of hydrogen-bond acceptors (Lipinski definition) is 4. The van der Waals surface area contributed by atoms with Gasteiger partial charge < -0.3 is 0 Å². The molecule has 0 heterocycles. The van der Waals surface area contributed by atoms with Crippen molar-refractivity contribution >= 4 is 43.0 Å². The first-order chi connectivity index (χ1) is 10.6. The van der Waals surface area contributed by atoms with Crippen molar-refractivity contribution in [1.82, 2.24) is 0 Å². The molecule has 2 aromatic rings. The molecule has 23 heavy (non-hydrogen) atoms. The van der Waals surface area contributed by atoms with Gasteiger partial charge in [-0.1, -0.05) is 23.7 Å². The van der Waals surface area contributed by atoms with Gasteiger partial charge >= 0.3 is 0 Å². The van der Waals surface area contributed by atoms with Crippen LogP contribution < -0.4 is 9.44 Å². The quantitative estimate of drug-likeness (QED) is 0.836. The maximum absolute atomic E-state index is 13.4. The van der Waals surface area contributed by atoms with Crippen molar-refractivity contribution in [3.05, 3.63) is 53.3 Å². The average Bonchev–Trinajstić information content (AvgIpc) is 2.40. The van der Waals surface area contributed by atoms with Crippen LogP contribution in [0.5, 0.6) is 0 Å². The Hall–Kier alpha value is -1.84. The van der Waals surface area contributed by atoms with Crippen LogP contribution in [-0.2, 0) is 20.0 Å². The van der Waals surface area contributed by atoms with E-state index in [1.807, 2.05) is 0 Å². The minimum Gasteiger partial charge on any atom is -0.282 e. The molecule has 0 aliphatic rings. The van der Waals surface area contributed by atoms with E-state index in [2.05, 4.69) is 9.44 Å². The minimum atomic E-state index is -4.12. The van der Waals surface area contributed by atoms with Crippen LogP contribution in [0.4, 0.5) is 15.8 Å². The van der Waals surface area contributed by atoms with Crippen molar-refractivity contribution in [3.63, 3.8) is 0 Å². The van der Waals surface area contributed by atoms with Gasteiger partial charge in [0.1, 0.15) is 10.7 Å². The molecule has 2 aromatic carbocycles. The maximum Gasteiger partial charge on any atom is 0.263 e. The van der Waals surface area contributed by atoms with Crippen LogP contribution >= 0.6 is 11.6 Å². The van der Waals surface area contributed by atoms with Crippen molar-refractivity contribution in [3.8, 4) is 0 Å². The van der Waals surface area contributed by atoms with Gasteiger partial charge in [-0.05, 0) is 24.3 Å². The van der Waals surface area contributed by atoms with E-state index < -0.39 is 25.9 Å². The third-order valence-electron chi connectivity index (χ3n) is 2.65. The highest BCUT2D eigenvalue weighted by atomic mass is 35.5. The Labute approximate surface area is 138 Å². The fourth-order valence-corrected chi connectivity index (χ4v) is 3.92. The molecule has 0 fully saturated rings. The number of halogens is 2. The lowest BCUT2D eigenvalue weighted by Crippen LogP contribution is -2.17. The molecule has 0 radical (unpaired) electrons. The Morgan fingerprint density at radius 2 is 1.61 bits per heavy atom. The van der Waals surface area contributed by atoms with Crippen LogP contribution in [0.1, 0.15) is 0 Å².